The molecule has 0 aliphatic heterocycles. The van der Waals surface area contributed by atoms with Crippen LogP contribution in [-0.4, -0.2) is 89.6 Å². The van der Waals surface area contributed by atoms with Gasteiger partial charge in [-0.1, -0.05) is 30.3 Å². The minimum atomic E-state index is -5.08. The van der Waals surface area contributed by atoms with Crippen LogP contribution in [0.2, 0.25) is 0 Å². The third-order valence-electron chi connectivity index (χ3n) is 5.42. The number of amides is 4. The molecule has 0 fully saturated rings. The molecule has 1 aromatic carbocycles. The van der Waals surface area contributed by atoms with Gasteiger partial charge in [-0.2, -0.15) is 13.2 Å². The number of aliphatic hydroxyl groups is 1. The standard InChI is InChI=1S/C23H35N9O5.C2HF3O2/c1-2-9-29-20(35)15(11-13-5-7-14(8-6-13)18(24)25)21(36)32-17(12-33)22(37)31-16(19(26)34)4-3-10-30-23(27)28;3-2(4,5)1(6)7/h2,5-8,15-17,33H,1,3-4,9-12H2,(H3,24,25)(H2,26,34)(H,29,35)(H,31,37)(H,32,36)(H4,27,28,30);(H,6,7)/t15?,16-,17-;/m0./s1. The topological polar surface area (TPSA) is 302 Å². The summed E-state index contributed by atoms with van der Waals surface area (Å²) >= 11 is 0. The van der Waals surface area contributed by atoms with Gasteiger partial charge in [-0.15, -0.1) is 6.58 Å². The molecule has 4 amide bonds. The summed E-state index contributed by atoms with van der Waals surface area (Å²) in [4.78, 5) is 62.8. The fourth-order valence-corrected chi connectivity index (χ4v) is 3.18. The molecule has 1 rings (SSSR count). The molecule has 1 aromatic rings. The highest BCUT2D eigenvalue weighted by molar-refractivity contribution is 6.02. The first-order valence-corrected chi connectivity index (χ1v) is 12.6. The summed E-state index contributed by atoms with van der Waals surface area (Å²) < 4.78 is 31.7. The quantitative estimate of drug-likeness (QED) is 0.0302. The zero-order chi connectivity index (χ0) is 34.0. The maximum absolute atomic E-state index is 13.0. The first-order valence-electron chi connectivity index (χ1n) is 12.6. The van der Waals surface area contributed by atoms with Crippen molar-refractivity contribution in [2.24, 2.45) is 33.8 Å². The van der Waals surface area contributed by atoms with Gasteiger partial charge >= 0.3 is 12.1 Å². The van der Waals surface area contributed by atoms with Crippen LogP contribution in [0, 0.1) is 11.3 Å². The summed E-state index contributed by atoms with van der Waals surface area (Å²) in [5.74, 6) is -7.41. The van der Waals surface area contributed by atoms with E-state index in [4.69, 9.17) is 38.2 Å². The molecule has 44 heavy (non-hydrogen) atoms. The first kappa shape index (κ1) is 38.8. The van der Waals surface area contributed by atoms with E-state index in [0.29, 0.717) is 17.5 Å². The van der Waals surface area contributed by atoms with Crippen LogP contribution in [0.3, 0.4) is 0 Å². The molecule has 0 aliphatic carbocycles. The second kappa shape index (κ2) is 19.1. The smallest absolute Gasteiger partial charge is 0.475 e. The molecule has 244 valence electrons. The number of alkyl halides is 3. The number of carboxylic acids is 1. The molecule has 16 nitrogen and oxygen atoms in total. The molecule has 19 heteroatoms. The average molecular weight is 632 g/mol. The summed E-state index contributed by atoms with van der Waals surface area (Å²) in [6.07, 6.45) is -3.24. The van der Waals surface area contributed by atoms with Crippen LogP contribution in [0.1, 0.15) is 24.0 Å². The molecule has 0 aliphatic rings. The van der Waals surface area contributed by atoms with E-state index >= 15 is 0 Å². The Bertz CT molecular complexity index is 1200. The highest BCUT2D eigenvalue weighted by Gasteiger charge is 2.38. The molecule has 0 saturated heterocycles. The lowest BCUT2D eigenvalue weighted by Crippen LogP contribution is -2.56. The minimum absolute atomic E-state index is 0.0402. The van der Waals surface area contributed by atoms with Crippen molar-refractivity contribution in [3.63, 3.8) is 0 Å². The van der Waals surface area contributed by atoms with E-state index < -0.39 is 60.4 Å². The van der Waals surface area contributed by atoms with Crippen molar-refractivity contribution < 1.29 is 47.4 Å². The van der Waals surface area contributed by atoms with E-state index in [2.05, 4.69) is 27.5 Å². The summed E-state index contributed by atoms with van der Waals surface area (Å²) in [6.45, 7) is 3.03. The molecule has 0 radical (unpaired) electrons. The predicted molar refractivity (Wildman–Crippen MR) is 152 cm³/mol. The fourth-order valence-electron chi connectivity index (χ4n) is 3.18. The summed E-state index contributed by atoms with van der Waals surface area (Å²) in [5.41, 5.74) is 22.4. The molecular formula is C25H36F3N9O7. The first-order chi connectivity index (χ1) is 20.4. The molecule has 0 saturated carbocycles. The molecule has 0 aromatic heterocycles. The van der Waals surface area contributed by atoms with Crippen LogP contribution in [-0.2, 0) is 30.4 Å². The van der Waals surface area contributed by atoms with E-state index in [-0.39, 0.29) is 37.7 Å². The number of halogens is 3. The molecule has 0 heterocycles. The van der Waals surface area contributed by atoms with Gasteiger partial charge in [0, 0.05) is 18.7 Å². The van der Waals surface area contributed by atoms with E-state index in [0.717, 1.165) is 0 Å². The lowest BCUT2D eigenvalue weighted by Gasteiger charge is -2.23. The highest BCUT2D eigenvalue weighted by Crippen LogP contribution is 2.13. The summed E-state index contributed by atoms with van der Waals surface area (Å²) in [5, 5.41) is 31.6. The number of amidine groups is 1. The maximum Gasteiger partial charge on any atom is 0.490 e. The van der Waals surface area contributed by atoms with Gasteiger partial charge in [0.15, 0.2) is 5.96 Å². The number of aliphatic imine (C=N–C) groups is 1. The van der Waals surface area contributed by atoms with Gasteiger partial charge in [0.1, 0.15) is 23.8 Å². The van der Waals surface area contributed by atoms with E-state index in [1.807, 2.05) is 0 Å². The number of aliphatic carboxylic acids is 1. The number of nitrogens with two attached hydrogens (primary N) is 4. The second-order valence-electron chi connectivity index (χ2n) is 8.86. The van der Waals surface area contributed by atoms with Crippen LogP contribution in [0.15, 0.2) is 41.9 Å². The van der Waals surface area contributed by atoms with Crippen molar-refractivity contribution >= 4 is 41.4 Å². The molecule has 1 unspecified atom stereocenters. The number of benzene rings is 1. The fraction of sp³-hybridized carbons (Fsp3) is 0.400. The van der Waals surface area contributed by atoms with Gasteiger partial charge in [-0.05, 0) is 24.8 Å². The average Bonchev–Trinajstić information content (AvgIpc) is 2.94. The van der Waals surface area contributed by atoms with Crippen molar-refractivity contribution in [3.05, 3.63) is 48.0 Å². The molecular weight excluding hydrogens is 595 g/mol. The van der Waals surface area contributed by atoms with Crippen molar-refractivity contribution in [2.45, 2.75) is 37.5 Å². The largest absolute Gasteiger partial charge is 0.490 e. The van der Waals surface area contributed by atoms with Crippen molar-refractivity contribution in [3.8, 4) is 0 Å². The number of guanidine groups is 1. The van der Waals surface area contributed by atoms with Crippen LogP contribution >= 0.6 is 0 Å². The minimum Gasteiger partial charge on any atom is -0.475 e. The van der Waals surface area contributed by atoms with Crippen LogP contribution in [0.25, 0.3) is 0 Å². The zero-order valence-corrected chi connectivity index (χ0v) is 23.4. The Labute approximate surface area is 249 Å². The monoisotopic (exact) mass is 631 g/mol. The Morgan fingerprint density at radius 1 is 0.977 bits per heavy atom. The molecule has 14 N–H and O–H groups in total. The Kier molecular flexibility index (Phi) is 16.8. The number of carboxylic acid groups (broad SMARTS) is 1. The Hall–Kier alpha value is -5.20. The van der Waals surface area contributed by atoms with Crippen molar-refractivity contribution in [2.75, 3.05) is 19.7 Å². The van der Waals surface area contributed by atoms with Crippen LogP contribution in [0.4, 0.5) is 13.2 Å². The molecule has 3 atom stereocenters. The molecule has 0 spiro atoms. The lowest BCUT2D eigenvalue weighted by molar-refractivity contribution is -0.192. The number of aliphatic hydroxyl groups excluding tert-OH is 1. The van der Waals surface area contributed by atoms with E-state index in [1.54, 1.807) is 24.3 Å². The number of nitrogen functional groups attached to an aromatic ring is 1. The third-order valence-corrected chi connectivity index (χ3v) is 5.42. The number of nitrogens with one attached hydrogen (secondary N) is 4. The van der Waals surface area contributed by atoms with Gasteiger partial charge in [0.05, 0.1) is 6.61 Å². The number of nitrogens with zero attached hydrogens (tertiary/aromatic N) is 1. The van der Waals surface area contributed by atoms with Crippen LogP contribution in [0.5, 0.6) is 0 Å². The number of hydrogen-bond donors (Lipinski definition) is 10. The molecule has 0 bridgehead atoms. The predicted octanol–water partition coefficient (Wildman–Crippen LogP) is -2.43. The number of hydrogen-bond acceptors (Lipinski definition) is 8. The van der Waals surface area contributed by atoms with Gasteiger partial charge in [0.25, 0.3) is 0 Å². The van der Waals surface area contributed by atoms with E-state index in [9.17, 15) is 37.5 Å². The SMILES string of the molecule is C=CCNC(=O)C(Cc1ccc(C(=N)N)cc1)C(=O)N[C@@H](CO)C(=O)N[C@@H](CCCN=C(N)N)C(N)=O.O=C(O)C(F)(F)F. The van der Waals surface area contributed by atoms with Gasteiger partial charge in [-0.3, -0.25) is 29.6 Å². The maximum atomic E-state index is 13.0. The number of rotatable bonds is 16. The van der Waals surface area contributed by atoms with Gasteiger partial charge in [0.2, 0.25) is 23.6 Å². The zero-order valence-electron chi connectivity index (χ0n) is 23.4. The Morgan fingerprint density at radius 2 is 1.52 bits per heavy atom. The van der Waals surface area contributed by atoms with Gasteiger partial charge in [-0.25, -0.2) is 4.79 Å². The van der Waals surface area contributed by atoms with E-state index in [1.165, 1.54) is 6.08 Å². The second-order valence-corrected chi connectivity index (χ2v) is 8.86. The number of primary amides is 1. The van der Waals surface area contributed by atoms with Crippen molar-refractivity contribution in [1.29, 1.82) is 5.41 Å². The van der Waals surface area contributed by atoms with Crippen LogP contribution < -0.4 is 38.9 Å². The Balaban J connectivity index is 0.00000234. The summed E-state index contributed by atoms with van der Waals surface area (Å²) in [7, 11) is 0. The normalized spacial score (nSPS) is 12.5. The highest BCUT2D eigenvalue weighted by atomic mass is 19.4. The van der Waals surface area contributed by atoms with Gasteiger partial charge < -0.3 is 49.1 Å². The van der Waals surface area contributed by atoms with Crippen molar-refractivity contribution in [1.82, 2.24) is 16.0 Å². The summed E-state index contributed by atoms with van der Waals surface area (Å²) in [6, 6.07) is 3.84. The third kappa shape index (κ3) is 15.1. The number of carbonyl (C=O) groups is 5. The number of carbonyl (C=O) groups excluding carboxylic acids is 4. The Morgan fingerprint density at radius 3 is 1.95 bits per heavy atom. The lowest BCUT2D eigenvalue weighted by atomic mass is 9.96.